The molecule has 0 saturated heterocycles. The third-order valence-corrected chi connectivity index (χ3v) is 2.78. The van der Waals surface area contributed by atoms with Crippen LogP contribution in [-0.2, 0) is 6.67 Å². The summed E-state index contributed by atoms with van der Waals surface area (Å²) in [5.41, 5.74) is -0.905. The largest absolute Gasteiger partial charge is 0.574 e. The van der Waals surface area contributed by atoms with Gasteiger partial charge in [0.1, 0.15) is 6.67 Å². The average Bonchev–Trinajstić information content (AvgIpc) is 2.17. The predicted octanol–water partition coefficient (Wildman–Crippen LogP) is 2.75. The van der Waals surface area contributed by atoms with Gasteiger partial charge in [-0.05, 0) is 22.6 Å². The zero-order valence-electron chi connectivity index (χ0n) is 7.89. The number of hydrogen-bond acceptors (Lipinski definition) is 3. The van der Waals surface area contributed by atoms with E-state index in [1.54, 1.807) is 0 Å². The number of ether oxygens (including phenoxy) is 1. The fraction of sp³-hybridized carbons (Fsp3) is 0.250. The van der Waals surface area contributed by atoms with E-state index in [2.05, 4.69) is 9.72 Å². The third kappa shape index (κ3) is 3.68. The predicted molar refractivity (Wildman–Crippen MR) is 55.4 cm³/mol. The maximum Gasteiger partial charge on any atom is 0.574 e. The molecule has 0 aliphatic rings. The highest BCUT2D eigenvalue weighted by Crippen LogP contribution is 2.26. The zero-order valence-corrected chi connectivity index (χ0v) is 10.0. The van der Waals surface area contributed by atoms with Crippen molar-refractivity contribution in [1.29, 1.82) is 0 Å². The highest BCUT2D eigenvalue weighted by molar-refractivity contribution is 14.1. The molecule has 0 unspecified atom stereocenters. The maximum atomic E-state index is 12.5. The van der Waals surface area contributed by atoms with Gasteiger partial charge in [0.25, 0.3) is 0 Å². The second kappa shape index (κ2) is 5.02. The van der Waals surface area contributed by atoms with Gasteiger partial charge >= 0.3 is 12.3 Å². The molecule has 1 aromatic rings. The molecule has 0 spiro atoms. The van der Waals surface area contributed by atoms with Crippen molar-refractivity contribution in [2.75, 3.05) is 0 Å². The van der Waals surface area contributed by atoms with E-state index in [1.165, 1.54) is 22.6 Å². The number of rotatable bonds is 3. The van der Waals surface area contributed by atoms with Crippen LogP contribution in [-0.4, -0.2) is 22.4 Å². The SMILES string of the molecule is O=C(O)c1nc(OC(F)(F)F)cc(CF)c1I. The summed E-state index contributed by atoms with van der Waals surface area (Å²) < 4.78 is 51.6. The van der Waals surface area contributed by atoms with Crippen LogP contribution in [0.5, 0.6) is 5.88 Å². The molecular weight excluding hydrogens is 361 g/mol. The molecule has 0 amide bonds. The van der Waals surface area contributed by atoms with E-state index >= 15 is 0 Å². The van der Waals surface area contributed by atoms with Crippen LogP contribution in [0.1, 0.15) is 16.1 Å². The van der Waals surface area contributed by atoms with Crippen molar-refractivity contribution in [2.45, 2.75) is 13.0 Å². The van der Waals surface area contributed by atoms with Crippen molar-refractivity contribution in [2.24, 2.45) is 0 Å². The summed E-state index contributed by atoms with van der Waals surface area (Å²) in [6.07, 6.45) is -5.01. The van der Waals surface area contributed by atoms with Gasteiger partial charge in [0, 0.05) is 11.6 Å². The Labute approximate surface area is 106 Å². The fourth-order valence-electron chi connectivity index (χ4n) is 0.966. The van der Waals surface area contributed by atoms with Crippen molar-refractivity contribution >= 4 is 28.6 Å². The summed E-state index contributed by atoms with van der Waals surface area (Å²) in [5.74, 6) is -2.56. The smallest absolute Gasteiger partial charge is 0.476 e. The van der Waals surface area contributed by atoms with E-state index < -0.39 is 30.6 Å². The Kier molecular flexibility index (Phi) is 4.11. The lowest BCUT2D eigenvalue weighted by Gasteiger charge is -2.10. The van der Waals surface area contributed by atoms with Crippen molar-refractivity contribution in [3.8, 4) is 5.88 Å². The maximum absolute atomic E-state index is 12.5. The number of aromatic nitrogens is 1. The van der Waals surface area contributed by atoms with Crippen LogP contribution in [0, 0.1) is 3.57 Å². The second-order valence-electron chi connectivity index (χ2n) is 2.77. The number of hydrogen-bond donors (Lipinski definition) is 1. The Morgan fingerprint density at radius 1 is 1.53 bits per heavy atom. The highest BCUT2D eigenvalue weighted by atomic mass is 127. The van der Waals surface area contributed by atoms with E-state index in [0.717, 1.165) is 0 Å². The first kappa shape index (κ1) is 13.9. The first-order valence-electron chi connectivity index (χ1n) is 3.99. The Balaban J connectivity index is 3.25. The topological polar surface area (TPSA) is 59.4 Å². The number of halogens is 5. The summed E-state index contributed by atoms with van der Waals surface area (Å²) in [6.45, 7) is -1.12. The molecule has 0 radical (unpaired) electrons. The Morgan fingerprint density at radius 3 is 2.53 bits per heavy atom. The molecule has 1 rings (SSSR count). The van der Waals surface area contributed by atoms with E-state index in [1.807, 2.05) is 0 Å². The zero-order chi connectivity index (χ0) is 13.2. The van der Waals surface area contributed by atoms with Gasteiger partial charge in [-0.25, -0.2) is 14.2 Å². The van der Waals surface area contributed by atoms with E-state index in [0.29, 0.717) is 6.07 Å². The number of aromatic carboxylic acids is 1. The quantitative estimate of drug-likeness (QED) is 0.661. The lowest BCUT2D eigenvalue weighted by atomic mass is 10.2. The van der Waals surface area contributed by atoms with Crippen molar-refractivity contribution in [1.82, 2.24) is 4.98 Å². The van der Waals surface area contributed by atoms with Gasteiger partial charge in [-0.2, -0.15) is 0 Å². The van der Waals surface area contributed by atoms with E-state index in [9.17, 15) is 22.4 Å². The number of nitrogens with zero attached hydrogens (tertiary/aromatic N) is 1. The lowest BCUT2D eigenvalue weighted by molar-refractivity contribution is -0.276. The fourth-order valence-corrected chi connectivity index (χ4v) is 1.62. The molecule has 0 aliphatic heterocycles. The number of carboxylic acids is 1. The summed E-state index contributed by atoms with van der Waals surface area (Å²) >= 11 is 1.49. The normalized spacial score (nSPS) is 11.4. The van der Waals surface area contributed by atoms with Crippen LogP contribution in [0.3, 0.4) is 0 Å². The lowest BCUT2D eigenvalue weighted by Crippen LogP contribution is -2.19. The molecular formula is C8H4F4INO3. The van der Waals surface area contributed by atoms with Crippen molar-refractivity contribution in [3.63, 3.8) is 0 Å². The van der Waals surface area contributed by atoms with Crippen LogP contribution in [0.2, 0.25) is 0 Å². The summed E-state index contributed by atoms with van der Waals surface area (Å²) in [4.78, 5) is 13.8. The Hall–Kier alpha value is -1.13. The van der Waals surface area contributed by atoms with Gasteiger partial charge in [-0.3, -0.25) is 0 Å². The molecule has 1 aromatic heterocycles. The Morgan fingerprint density at radius 2 is 2.12 bits per heavy atom. The van der Waals surface area contributed by atoms with Gasteiger partial charge < -0.3 is 9.84 Å². The van der Waals surface area contributed by atoms with Gasteiger partial charge in [-0.15, -0.1) is 13.2 Å². The molecule has 17 heavy (non-hydrogen) atoms. The summed E-state index contributed by atoms with van der Waals surface area (Å²) in [6, 6.07) is 0.710. The van der Waals surface area contributed by atoms with Crippen molar-refractivity contribution < 1.29 is 32.2 Å². The number of alkyl halides is 4. The van der Waals surface area contributed by atoms with Gasteiger partial charge in [0.15, 0.2) is 5.69 Å². The number of carboxylic acid groups (broad SMARTS) is 1. The van der Waals surface area contributed by atoms with Crippen molar-refractivity contribution in [3.05, 3.63) is 20.9 Å². The molecule has 94 valence electrons. The first-order chi connectivity index (χ1) is 7.74. The molecule has 1 N–H and O–H groups in total. The first-order valence-corrected chi connectivity index (χ1v) is 5.07. The van der Waals surface area contributed by atoms with Gasteiger partial charge in [-0.1, -0.05) is 0 Å². The van der Waals surface area contributed by atoms with E-state index in [-0.39, 0.29) is 9.13 Å². The molecule has 9 heteroatoms. The molecule has 1 heterocycles. The molecule has 4 nitrogen and oxygen atoms in total. The molecule has 0 fully saturated rings. The highest BCUT2D eigenvalue weighted by Gasteiger charge is 2.32. The van der Waals surface area contributed by atoms with E-state index in [4.69, 9.17) is 5.11 Å². The van der Waals surface area contributed by atoms with Crippen LogP contribution >= 0.6 is 22.6 Å². The van der Waals surface area contributed by atoms with Crippen LogP contribution in [0.4, 0.5) is 17.6 Å². The summed E-state index contributed by atoms with van der Waals surface area (Å²) in [5, 5.41) is 8.68. The summed E-state index contributed by atoms with van der Waals surface area (Å²) in [7, 11) is 0. The Bertz CT molecular complexity index is 449. The number of pyridine rings is 1. The second-order valence-corrected chi connectivity index (χ2v) is 3.85. The van der Waals surface area contributed by atoms with Crippen LogP contribution in [0.15, 0.2) is 6.07 Å². The molecule has 0 aromatic carbocycles. The number of carbonyl (C=O) groups is 1. The molecule has 0 bridgehead atoms. The molecule has 0 atom stereocenters. The molecule has 0 aliphatic carbocycles. The van der Waals surface area contributed by atoms with Crippen LogP contribution < -0.4 is 4.74 Å². The average molecular weight is 365 g/mol. The molecule has 0 saturated carbocycles. The standard InChI is InChI=1S/C8H4F4INO3/c9-2-3-1-4(17-8(10,11)12)14-6(5(3)13)7(15)16/h1H,2H2,(H,15,16). The third-order valence-electron chi connectivity index (χ3n) is 1.58. The monoisotopic (exact) mass is 365 g/mol. The minimum atomic E-state index is -5.01. The van der Waals surface area contributed by atoms with Gasteiger partial charge in [0.2, 0.25) is 5.88 Å². The van der Waals surface area contributed by atoms with Crippen LogP contribution in [0.25, 0.3) is 0 Å². The minimum absolute atomic E-state index is 0.0628. The van der Waals surface area contributed by atoms with Gasteiger partial charge in [0.05, 0.1) is 3.57 Å². The minimum Gasteiger partial charge on any atom is -0.476 e.